The number of alkyl halides is 1. The highest BCUT2D eigenvalue weighted by Gasteiger charge is 2.43. The van der Waals surface area contributed by atoms with Gasteiger partial charge in [0.2, 0.25) is 0 Å². The van der Waals surface area contributed by atoms with E-state index in [4.69, 9.17) is 15.5 Å². The molecule has 216 valence electrons. The van der Waals surface area contributed by atoms with Crippen LogP contribution in [0.25, 0.3) is 17.6 Å². The van der Waals surface area contributed by atoms with E-state index < -0.39 is 11.8 Å². The normalized spacial score (nSPS) is 26.1. The number of β-amino-alcohol motifs (C(OH)–C–C–N with tert-alkyl or cyclic N) is 1. The summed E-state index contributed by atoms with van der Waals surface area (Å²) in [5, 5.41) is 14.5. The van der Waals surface area contributed by atoms with E-state index in [1.165, 1.54) is 0 Å². The second-order valence-electron chi connectivity index (χ2n) is 12.0. The minimum absolute atomic E-state index is 0.261. The van der Waals surface area contributed by atoms with Crippen molar-refractivity contribution in [2.24, 2.45) is 5.73 Å². The van der Waals surface area contributed by atoms with Gasteiger partial charge in [0.1, 0.15) is 40.3 Å². The molecule has 40 heavy (non-hydrogen) atoms. The molecule has 2 fully saturated rings. The zero-order valence-corrected chi connectivity index (χ0v) is 23.4. The monoisotopic (exact) mass is 551 g/mol. The Labute approximate surface area is 235 Å². The highest BCUT2D eigenvalue weighted by atomic mass is 19.1. The summed E-state index contributed by atoms with van der Waals surface area (Å²) in [7, 11) is 0. The third-order valence-corrected chi connectivity index (χ3v) is 9.08. The van der Waals surface area contributed by atoms with Gasteiger partial charge in [0.25, 0.3) is 0 Å². The first-order valence-electron chi connectivity index (χ1n) is 14.7. The molecule has 4 aliphatic rings. The van der Waals surface area contributed by atoms with Crippen LogP contribution in [0.3, 0.4) is 0 Å². The number of aromatic nitrogens is 3. The van der Waals surface area contributed by atoms with Crippen LogP contribution < -0.4 is 11.1 Å². The predicted molar refractivity (Wildman–Crippen MR) is 154 cm³/mol. The maximum Gasteiger partial charge on any atom is 0.161 e. The molecule has 0 saturated carbocycles. The number of rotatable bonds is 8. The molecule has 10 heteroatoms. The minimum Gasteiger partial charge on any atom is -0.489 e. The van der Waals surface area contributed by atoms with Gasteiger partial charge in [-0.15, -0.1) is 0 Å². The molecule has 2 saturated heterocycles. The number of pyridine rings is 1. The fourth-order valence-electron chi connectivity index (χ4n) is 6.46. The van der Waals surface area contributed by atoms with Crippen molar-refractivity contribution in [1.82, 2.24) is 24.3 Å². The number of imidazole rings is 1. The minimum atomic E-state index is -1.56. The molecule has 4 aliphatic heterocycles. The van der Waals surface area contributed by atoms with Crippen LogP contribution in [0, 0.1) is 0 Å². The van der Waals surface area contributed by atoms with Gasteiger partial charge in [-0.2, -0.15) is 0 Å². The van der Waals surface area contributed by atoms with E-state index in [0.717, 1.165) is 67.7 Å². The van der Waals surface area contributed by atoms with E-state index in [1.54, 1.807) is 6.20 Å². The molecule has 2 atom stereocenters. The Hall–Kier alpha value is -2.79. The fourth-order valence-corrected chi connectivity index (χ4v) is 6.46. The summed E-state index contributed by atoms with van der Waals surface area (Å²) in [6, 6.07) is 6.17. The topological polar surface area (TPSA) is 105 Å². The van der Waals surface area contributed by atoms with Crippen LogP contribution in [0.15, 0.2) is 42.3 Å². The van der Waals surface area contributed by atoms with Gasteiger partial charge in [0, 0.05) is 64.5 Å². The van der Waals surface area contributed by atoms with Crippen molar-refractivity contribution in [2.75, 3.05) is 57.7 Å². The summed E-state index contributed by atoms with van der Waals surface area (Å²) in [4.78, 5) is 13.9. The van der Waals surface area contributed by atoms with Crippen LogP contribution in [0.2, 0.25) is 0 Å². The highest BCUT2D eigenvalue weighted by molar-refractivity contribution is 5.70. The Balaban J connectivity index is 1.03. The number of nitrogens with two attached hydrogens (primary N) is 1. The molecule has 4 N–H and O–H groups in total. The molecule has 6 rings (SSSR count). The quantitative estimate of drug-likeness (QED) is 0.460. The largest absolute Gasteiger partial charge is 0.489 e. The lowest BCUT2D eigenvalue weighted by Gasteiger charge is -2.42. The average molecular weight is 552 g/mol. The van der Waals surface area contributed by atoms with Crippen molar-refractivity contribution < 1.29 is 14.2 Å². The first-order valence-corrected chi connectivity index (χ1v) is 14.7. The molecule has 0 spiro atoms. The first kappa shape index (κ1) is 27.4. The third kappa shape index (κ3) is 5.54. The Morgan fingerprint density at radius 3 is 2.70 bits per heavy atom. The molecule has 2 unspecified atom stereocenters. The molecule has 0 radical (unpaired) electrons. The zero-order valence-electron chi connectivity index (χ0n) is 23.4. The SMILES string of the molecule is CC1(CN)CC=C(CN2CCC(F)(C(O)CN3CCC(n4c(-c5ccccn5)nc5c4NCC=C5)CC3)CC2)O1. The number of hydrogen-bond acceptors (Lipinski definition) is 8. The number of halogens is 1. The van der Waals surface area contributed by atoms with E-state index in [-0.39, 0.29) is 11.6 Å². The van der Waals surface area contributed by atoms with Crippen molar-refractivity contribution in [1.29, 1.82) is 0 Å². The van der Waals surface area contributed by atoms with E-state index in [9.17, 15) is 5.11 Å². The van der Waals surface area contributed by atoms with Crippen LogP contribution in [-0.4, -0.2) is 99.2 Å². The van der Waals surface area contributed by atoms with Gasteiger partial charge in [-0.05, 0) is 56.9 Å². The maximum absolute atomic E-state index is 15.9. The van der Waals surface area contributed by atoms with Crippen molar-refractivity contribution >= 4 is 11.9 Å². The average Bonchev–Trinajstić information content (AvgIpc) is 3.56. The Bertz CT molecular complexity index is 1230. The van der Waals surface area contributed by atoms with E-state index in [2.05, 4.69) is 42.9 Å². The smallest absolute Gasteiger partial charge is 0.161 e. The molecule has 0 aromatic carbocycles. The van der Waals surface area contributed by atoms with E-state index in [1.807, 2.05) is 25.1 Å². The van der Waals surface area contributed by atoms with Gasteiger partial charge in [0.05, 0.1) is 6.54 Å². The number of fused-ring (bicyclic) bond motifs is 1. The third-order valence-electron chi connectivity index (χ3n) is 9.08. The molecule has 0 aliphatic carbocycles. The van der Waals surface area contributed by atoms with Crippen LogP contribution in [0.1, 0.15) is 50.8 Å². The Morgan fingerprint density at radius 2 is 2.00 bits per heavy atom. The van der Waals surface area contributed by atoms with Crippen molar-refractivity contribution in [3.63, 3.8) is 0 Å². The number of ether oxygens (including phenoxy) is 1. The lowest BCUT2D eigenvalue weighted by molar-refractivity contribution is -0.0670. The Kier molecular flexibility index (Phi) is 7.69. The number of nitrogens with one attached hydrogen (secondary N) is 1. The van der Waals surface area contributed by atoms with Gasteiger partial charge in [-0.3, -0.25) is 9.88 Å². The lowest BCUT2D eigenvalue weighted by atomic mass is 9.87. The second-order valence-corrected chi connectivity index (χ2v) is 12.0. The van der Waals surface area contributed by atoms with Gasteiger partial charge in [-0.25, -0.2) is 9.37 Å². The van der Waals surface area contributed by atoms with Crippen LogP contribution in [0.5, 0.6) is 0 Å². The summed E-state index contributed by atoms with van der Waals surface area (Å²) in [6.07, 6.45) is 10.4. The van der Waals surface area contributed by atoms with Crippen LogP contribution in [-0.2, 0) is 4.74 Å². The fraction of sp³-hybridized carbons (Fsp3) is 0.600. The van der Waals surface area contributed by atoms with Gasteiger partial charge < -0.3 is 30.4 Å². The highest BCUT2D eigenvalue weighted by Crippen LogP contribution is 2.37. The van der Waals surface area contributed by atoms with E-state index >= 15 is 4.39 Å². The predicted octanol–water partition coefficient (Wildman–Crippen LogP) is 3.21. The number of hydrogen-bond donors (Lipinski definition) is 3. The van der Waals surface area contributed by atoms with Crippen molar-refractivity contribution in [3.8, 4) is 11.5 Å². The van der Waals surface area contributed by atoms with Gasteiger partial charge in [-0.1, -0.05) is 12.1 Å². The molecule has 0 bridgehead atoms. The second kappa shape index (κ2) is 11.2. The van der Waals surface area contributed by atoms with Gasteiger partial charge >= 0.3 is 0 Å². The summed E-state index contributed by atoms with van der Waals surface area (Å²) in [5.41, 5.74) is 5.76. The lowest BCUT2D eigenvalue weighted by Crippen LogP contribution is -2.53. The van der Waals surface area contributed by atoms with Crippen molar-refractivity contribution in [2.45, 2.75) is 62.4 Å². The number of anilines is 1. The molecule has 2 aromatic rings. The number of nitrogens with zero attached hydrogens (tertiary/aromatic N) is 5. The molecule has 9 nitrogen and oxygen atoms in total. The number of aliphatic hydroxyl groups is 1. The molecular formula is C30H42FN7O2. The van der Waals surface area contributed by atoms with E-state index in [0.29, 0.717) is 45.6 Å². The zero-order chi connectivity index (χ0) is 27.7. The summed E-state index contributed by atoms with van der Waals surface area (Å²) >= 11 is 0. The molecular weight excluding hydrogens is 509 g/mol. The summed E-state index contributed by atoms with van der Waals surface area (Å²) in [5.74, 6) is 2.85. The molecule has 0 amide bonds. The first-order chi connectivity index (χ1) is 19.4. The van der Waals surface area contributed by atoms with Gasteiger partial charge in [0.15, 0.2) is 5.82 Å². The van der Waals surface area contributed by atoms with Crippen LogP contribution in [0.4, 0.5) is 10.2 Å². The standard InChI is InChI=1S/C30H42FN7O2/c1-29(21-32)10-7-23(40-29)19-37-17-11-30(31,12-18-37)26(39)20-36-15-8-22(9-16-36)38-27-25(6-4-14-34-27)35-28(38)24-5-2-3-13-33-24/h2-7,13,22,26,34,39H,8-12,14-21,32H2,1H3. The maximum atomic E-state index is 15.9. The van der Waals surface area contributed by atoms with Crippen LogP contribution >= 0.6 is 0 Å². The summed E-state index contributed by atoms with van der Waals surface area (Å²) in [6.45, 7) is 7.15. The Morgan fingerprint density at radius 1 is 1.20 bits per heavy atom. The number of piperidine rings is 2. The molecule has 2 aromatic heterocycles. The summed E-state index contributed by atoms with van der Waals surface area (Å²) < 4.78 is 24.2. The number of aliphatic hydroxyl groups excluding tert-OH is 1. The van der Waals surface area contributed by atoms with Crippen molar-refractivity contribution in [3.05, 3.63) is 48.0 Å². The molecule has 6 heterocycles. The number of likely N-dealkylation sites (tertiary alicyclic amines) is 2.